The van der Waals surface area contributed by atoms with Crippen molar-refractivity contribution in [1.82, 2.24) is 4.98 Å². The molecule has 0 saturated heterocycles. The van der Waals surface area contributed by atoms with Crippen LogP contribution in [0.5, 0.6) is 0 Å². The summed E-state index contributed by atoms with van der Waals surface area (Å²) in [6, 6.07) is 14.9. The number of carboxylic acid groups (broad SMARTS) is 1. The molecule has 0 radical (unpaired) electrons. The van der Waals surface area contributed by atoms with Crippen molar-refractivity contribution in [3.05, 3.63) is 64.1 Å². The lowest BCUT2D eigenvalue weighted by Gasteiger charge is -2.09. The molecule has 0 aliphatic heterocycles. The highest BCUT2D eigenvalue weighted by Gasteiger charge is 2.14. The molecule has 0 aliphatic rings. The number of aromatic carboxylic acids is 1. The van der Waals surface area contributed by atoms with Crippen molar-refractivity contribution in [1.29, 1.82) is 0 Å². The minimum absolute atomic E-state index is 0.273. The van der Waals surface area contributed by atoms with E-state index in [0.717, 1.165) is 15.6 Å². The maximum Gasteiger partial charge on any atom is 0.336 e. The van der Waals surface area contributed by atoms with Crippen molar-refractivity contribution < 1.29 is 9.90 Å². The number of carboxylic acids is 1. The van der Waals surface area contributed by atoms with Gasteiger partial charge in [0.1, 0.15) is 0 Å². The van der Waals surface area contributed by atoms with E-state index in [4.69, 9.17) is 0 Å². The first-order valence-corrected chi connectivity index (χ1v) is 7.25. The van der Waals surface area contributed by atoms with Gasteiger partial charge in [-0.2, -0.15) is 0 Å². The SMILES string of the molecule is Cc1ccc2nc(-c3ccccc3Br)cc(C(=O)O)c2c1. The normalized spacial score (nSPS) is 10.8. The zero-order chi connectivity index (χ0) is 15.0. The van der Waals surface area contributed by atoms with Crippen LogP contribution in [0.25, 0.3) is 22.2 Å². The molecule has 104 valence electrons. The molecule has 0 spiro atoms. The molecular weight excluding hydrogens is 330 g/mol. The lowest BCUT2D eigenvalue weighted by atomic mass is 10.0. The van der Waals surface area contributed by atoms with E-state index in [0.29, 0.717) is 16.6 Å². The first-order chi connectivity index (χ1) is 10.1. The van der Waals surface area contributed by atoms with Gasteiger partial charge in [-0.15, -0.1) is 0 Å². The molecular formula is C17H12BrNO2. The zero-order valence-electron chi connectivity index (χ0n) is 11.3. The fraction of sp³-hybridized carbons (Fsp3) is 0.0588. The minimum atomic E-state index is -0.943. The number of nitrogens with zero attached hydrogens (tertiary/aromatic N) is 1. The molecule has 4 heteroatoms. The lowest BCUT2D eigenvalue weighted by molar-refractivity contribution is 0.0699. The van der Waals surface area contributed by atoms with Gasteiger partial charge in [0.05, 0.1) is 16.8 Å². The second-order valence-corrected chi connectivity index (χ2v) is 5.71. The summed E-state index contributed by atoms with van der Waals surface area (Å²) in [6.07, 6.45) is 0. The van der Waals surface area contributed by atoms with Crippen molar-refractivity contribution >= 4 is 32.8 Å². The maximum absolute atomic E-state index is 11.6. The van der Waals surface area contributed by atoms with Gasteiger partial charge in [-0.25, -0.2) is 9.78 Å². The molecule has 0 unspecified atom stereocenters. The fourth-order valence-corrected chi connectivity index (χ4v) is 2.81. The minimum Gasteiger partial charge on any atom is -0.478 e. The Morgan fingerprint density at radius 2 is 1.90 bits per heavy atom. The third-order valence-electron chi connectivity index (χ3n) is 3.34. The maximum atomic E-state index is 11.6. The van der Waals surface area contributed by atoms with Crippen LogP contribution in [0.15, 0.2) is 53.0 Å². The van der Waals surface area contributed by atoms with Crippen molar-refractivity contribution in [2.45, 2.75) is 6.92 Å². The van der Waals surface area contributed by atoms with Crippen molar-refractivity contribution in [3.8, 4) is 11.3 Å². The van der Waals surface area contributed by atoms with Gasteiger partial charge in [0.2, 0.25) is 0 Å². The van der Waals surface area contributed by atoms with Gasteiger partial charge < -0.3 is 5.11 Å². The lowest BCUT2D eigenvalue weighted by Crippen LogP contribution is -2.00. The highest BCUT2D eigenvalue weighted by molar-refractivity contribution is 9.10. The van der Waals surface area contributed by atoms with Crippen molar-refractivity contribution in [2.24, 2.45) is 0 Å². The molecule has 0 saturated carbocycles. The van der Waals surface area contributed by atoms with E-state index >= 15 is 0 Å². The largest absolute Gasteiger partial charge is 0.478 e. The number of fused-ring (bicyclic) bond motifs is 1. The monoisotopic (exact) mass is 341 g/mol. The number of rotatable bonds is 2. The Bertz CT molecular complexity index is 859. The van der Waals surface area contributed by atoms with Gasteiger partial charge in [-0.3, -0.25) is 0 Å². The summed E-state index contributed by atoms with van der Waals surface area (Å²) >= 11 is 3.48. The number of carbonyl (C=O) groups is 1. The Kier molecular flexibility index (Phi) is 3.47. The topological polar surface area (TPSA) is 50.2 Å². The first-order valence-electron chi connectivity index (χ1n) is 6.46. The number of hydrogen-bond acceptors (Lipinski definition) is 2. The third-order valence-corrected chi connectivity index (χ3v) is 4.04. The van der Waals surface area contributed by atoms with Gasteiger partial charge in [-0.05, 0) is 31.2 Å². The molecule has 0 aliphatic carbocycles. The number of benzene rings is 2. The Morgan fingerprint density at radius 1 is 1.14 bits per heavy atom. The average Bonchev–Trinajstić information content (AvgIpc) is 2.46. The van der Waals surface area contributed by atoms with E-state index < -0.39 is 5.97 Å². The summed E-state index contributed by atoms with van der Waals surface area (Å²) in [5.41, 5.74) is 3.50. The van der Waals surface area contributed by atoms with Crippen LogP contribution in [0.2, 0.25) is 0 Å². The Hall–Kier alpha value is -2.20. The van der Waals surface area contributed by atoms with Gasteiger partial charge in [0.15, 0.2) is 0 Å². The second-order valence-electron chi connectivity index (χ2n) is 4.86. The highest BCUT2D eigenvalue weighted by atomic mass is 79.9. The van der Waals surface area contributed by atoms with Crippen LogP contribution in [-0.2, 0) is 0 Å². The molecule has 1 aromatic heterocycles. The summed E-state index contributed by atoms with van der Waals surface area (Å²) in [5, 5.41) is 10.1. The van der Waals surface area contributed by atoms with Crippen LogP contribution in [0.1, 0.15) is 15.9 Å². The van der Waals surface area contributed by atoms with Crippen LogP contribution in [0.3, 0.4) is 0 Å². The van der Waals surface area contributed by atoms with E-state index in [2.05, 4.69) is 20.9 Å². The molecule has 0 atom stereocenters. The molecule has 2 aromatic carbocycles. The Labute approximate surface area is 130 Å². The molecule has 0 amide bonds. The van der Waals surface area contributed by atoms with Crippen LogP contribution < -0.4 is 0 Å². The van der Waals surface area contributed by atoms with Crippen molar-refractivity contribution in [3.63, 3.8) is 0 Å². The van der Waals surface area contributed by atoms with Crippen LogP contribution in [0, 0.1) is 6.92 Å². The first kappa shape index (κ1) is 13.8. The number of hydrogen-bond donors (Lipinski definition) is 1. The quantitative estimate of drug-likeness (QED) is 0.736. The summed E-state index contributed by atoms with van der Waals surface area (Å²) in [5.74, 6) is -0.943. The van der Waals surface area contributed by atoms with E-state index in [1.807, 2.05) is 49.4 Å². The van der Waals surface area contributed by atoms with Gasteiger partial charge in [-0.1, -0.05) is 45.8 Å². The van der Waals surface area contributed by atoms with Crippen LogP contribution >= 0.6 is 15.9 Å². The van der Waals surface area contributed by atoms with Crippen LogP contribution in [-0.4, -0.2) is 16.1 Å². The molecule has 21 heavy (non-hydrogen) atoms. The summed E-state index contributed by atoms with van der Waals surface area (Å²) in [7, 11) is 0. The van der Waals surface area contributed by atoms with Gasteiger partial charge in [0, 0.05) is 15.4 Å². The summed E-state index contributed by atoms with van der Waals surface area (Å²) in [4.78, 5) is 16.2. The fourth-order valence-electron chi connectivity index (χ4n) is 2.32. The Morgan fingerprint density at radius 3 is 2.62 bits per heavy atom. The molecule has 0 bridgehead atoms. The third kappa shape index (κ3) is 2.54. The molecule has 3 aromatic rings. The summed E-state index contributed by atoms with van der Waals surface area (Å²) in [6.45, 7) is 1.94. The number of halogens is 1. The molecule has 1 heterocycles. The van der Waals surface area contributed by atoms with E-state index in [-0.39, 0.29) is 5.56 Å². The second kappa shape index (κ2) is 5.30. The van der Waals surface area contributed by atoms with Crippen LogP contribution in [0.4, 0.5) is 0 Å². The smallest absolute Gasteiger partial charge is 0.336 e. The average molecular weight is 342 g/mol. The number of pyridine rings is 1. The predicted octanol–water partition coefficient (Wildman–Crippen LogP) is 4.67. The van der Waals surface area contributed by atoms with Gasteiger partial charge in [0.25, 0.3) is 0 Å². The number of aryl methyl sites for hydroxylation is 1. The highest BCUT2D eigenvalue weighted by Crippen LogP contribution is 2.30. The Balaban J connectivity index is 2.34. The van der Waals surface area contributed by atoms with Gasteiger partial charge >= 0.3 is 5.97 Å². The summed E-state index contributed by atoms with van der Waals surface area (Å²) < 4.78 is 0.889. The molecule has 0 fully saturated rings. The molecule has 1 N–H and O–H groups in total. The standard InChI is InChI=1S/C17H12BrNO2/c1-10-6-7-15-12(8-10)13(17(20)21)9-16(19-15)11-4-2-3-5-14(11)18/h2-9H,1H3,(H,20,21). The molecule has 3 nitrogen and oxygen atoms in total. The number of aromatic nitrogens is 1. The molecule has 3 rings (SSSR count). The van der Waals surface area contributed by atoms with E-state index in [9.17, 15) is 9.90 Å². The predicted molar refractivity (Wildman–Crippen MR) is 86.6 cm³/mol. The van der Waals surface area contributed by atoms with Crippen molar-refractivity contribution in [2.75, 3.05) is 0 Å². The zero-order valence-corrected chi connectivity index (χ0v) is 12.9. The van der Waals surface area contributed by atoms with E-state index in [1.165, 1.54) is 0 Å². The van der Waals surface area contributed by atoms with E-state index in [1.54, 1.807) is 6.07 Å².